The minimum absolute atomic E-state index is 0.00310. The smallest absolute Gasteiger partial charge is 0.256 e. The summed E-state index contributed by atoms with van der Waals surface area (Å²) in [6.07, 6.45) is 3.08. The predicted octanol–water partition coefficient (Wildman–Crippen LogP) is 9.41. The third kappa shape index (κ3) is 12.5. The lowest BCUT2D eigenvalue weighted by Crippen LogP contribution is -2.45. The van der Waals surface area contributed by atoms with Gasteiger partial charge in [0, 0.05) is 61.0 Å². The van der Waals surface area contributed by atoms with Crippen molar-refractivity contribution in [3.05, 3.63) is 41.0 Å². The molecule has 0 aliphatic carbocycles. The molecule has 67 heavy (non-hydrogen) atoms. The number of aryl methyl sites for hydroxylation is 1. The van der Waals surface area contributed by atoms with E-state index in [-0.39, 0.29) is 54.2 Å². The van der Waals surface area contributed by atoms with Crippen molar-refractivity contribution in [3.8, 4) is 17.2 Å². The molecule has 2 saturated heterocycles. The van der Waals surface area contributed by atoms with E-state index in [1.54, 1.807) is 38.8 Å². The monoisotopic (exact) mass is 981 g/mol. The highest BCUT2D eigenvalue weighted by Crippen LogP contribution is 2.43. The first-order valence-corrected chi connectivity index (χ1v) is 34.8. The van der Waals surface area contributed by atoms with Gasteiger partial charge in [-0.3, -0.25) is 29.0 Å². The fourth-order valence-corrected chi connectivity index (χ4v) is 11.7. The largest absolute Gasteiger partial charge is 0.493 e. The Morgan fingerprint density at radius 1 is 0.627 bits per heavy atom. The average Bonchev–Trinajstić information content (AvgIpc) is 3.81. The van der Waals surface area contributed by atoms with E-state index in [2.05, 4.69) is 80.1 Å². The molecule has 4 atom stereocenters. The van der Waals surface area contributed by atoms with Crippen LogP contribution in [0.1, 0.15) is 86.1 Å². The summed E-state index contributed by atoms with van der Waals surface area (Å²) >= 11 is 0. The number of rotatable bonds is 21. The second kappa shape index (κ2) is 21.1. The first kappa shape index (κ1) is 52.6. The number of amides is 4. The van der Waals surface area contributed by atoms with Crippen molar-refractivity contribution in [1.29, 1.82) is 0 Å². The average molecular weight is 981 g/mol. The van der Waals surface area contributed by atoms with E-state index in [1.807, 2.05) is 19.1 Å². The van der Waals surface area contributed by atoms with E-state index >= 15 is 0 Å². The van der Waals surface area contributed by atoms with Gasteiger partial charge in [0.05, 0.1) is 48.9 Å². The molecule has 4 heterocycles. The van der Waals surface area contributed by atoms with Gasteiger partial charge in [0.15, 0.2) is 19.8 Å². The number of nitrogens with zero attached hydrogens (tertiary/aromatic N) is 4. The Labute approximate surface area is 403 Å². The van der Waals surface area contributed by atoms with E-state index in [0.717, 1.165) is 30.5 Å². The fraction of sp³-hybridized carbons (Fsp3) is 0.680. The highest BCUT2D eigenvalue weighted by atomic mass is 28.4. The molecule has 0 radical (unpaired) electrons. The normalized spacial score (nSPS) is 21.3. The van der Waals surface area contributed by atoms with Crippen LogP contribution in [0.25, 0.3) is 0 Å². The Morgan fingerprint density at radius 3 is 1.64 bits per heavy atom. The van der Waals surface area contributed by atoms with Crippen LogP contribution in [0, 0.1) is 12.8 Å². The summed E-state index contributed by atoms with van der Waals surface area (Å²) < 4.78 is 37.5. The van der Waals surface area contributed by atoms with Gasteiger partial charge < -0.3 is 37.9 Å². The third-order valence-corrected chi connectivity index (χ3v) is 22.0. The molecule has 2 aromatic carbocycles. The Morgan fingerprint density at radius 2 is 1.12 bits per heavy atom. The number of anilines is 2. The van der Waals surface area contributed by atoms with Gasteiger partial charge in [0.25, 0.3) is 23.6 Å². The summed E-state index contributed by atoms with van der Waals surface area (Å²) in [7, 11) is -3.34. The Kier molecular flexibility index (Phi) is 16.6. The number of carbonyl (C=O) groups excluding carboxylic acids is 4. The van der Waals surface area contributed by atoms with Crippen LogP contribution < -0.4 is 24.0 Å². The number of unbranched alkanes of at least 4 members (excludes halogenated alkanes) is 2. The number of benzene rings is 2. The molecule has 6 rings (SSSR count). The van der Waals surface area contributed by atoms with Crippen molar-refractivity contribution < 1.29 is 47.3 Å². The maximum absolute atomic E-state index is 14.5. The number of fused-ring (bicyclic) bond motifs is 4. The van der Waals surface area contributed by atoms with Crippen LogP contribution >= 0.6 is 0 Å². The van der Waals surface area contributed by atoms with Crippen LogP contribution in [0.3, 0.4) is 0 Å². The summed E-state index contributed by atoms with van der Waals surface area (Å²) in [6, 6.07) is 7.89. The molecule has 0 unspecified atom stereocenters. The molecule has 4 aliphatic rings. The van der Waals surface area contributed by atoms with Crippen LogP contribution in [-0.4, -0.2) is 136 Å². The molecule has 0 N–H and O–H groups in total. The first-order valence-electron chi connectivity index (χ1n) is 24.5. The number of carbonyl (C=O) groups is 4. The zero-order valence-electron chi connectivity index (χ0n) is 43.1. The second-order valence-electron chi connectivity index (χ2n) is 23.2. The van der Waals surface area contributed by atoms with E-state index < -0.39 is 36.5 Å². The van der Waals surface area contributed by atoms with Gasteiger partial charge in [0.1, 0.15) is 31.3 Å². The fourth-order valence-electron chi connectivity index (χ4n) is 8.87. The van der Waals surface area contributed by atoms with Crippen LogP contribution in [0.2, 0.25) is 69.5 Å². The number of ether oxygens (including phenoxy) is 5. The van der Waals surface area contributed by atoms with Crippen molar-refractivity contribution in [2.75, 3.05) is 69.9 Å². The Bertz CT molecular complexity index is 2130. The number of methoxy groups -OCH3 is 1. The molecule has 4 aliphatic heterocycles. The summed E-state index contributed by atoms with van der Waals surface area (Å²) in [5.74, 6) is 1.06. The van der Waals surface area contributed by atoms with E-state index in [4.69, 9.17) is 28.1 Å². The maximum atomic E-state index is 14.5. The molecule has 0 spiro atoms. The molecule has 2 fully saturated rings. The molecular formula is C50H80N4O10Si3. The highest BCUT2D eigenvalue weighted by Gasteiger charge is 2.49. The quantitative estimate of drug-likeness (QED) is 0.0879. The SMILES string of the molecule is COc1cc2c(cc1OCCCCCOc1cc3c(cc1C)C(=O)N1C[C@H](O[Si](C)(C)C(C)(C)C)C[C@H]1C(=O)N3COCC[Si](C)(C)C)N(COCC[Si](C)(C)C)C(=O)[C@@H]1C[C@@H](C)CN1C2=O. The van der Waals surface area contributed by atoms with Gasteiger partial charge >= 0.3 is 0 Å². The topological polar surface area (TPSA) is 137 Å². The summed E-state index contributed by atoms with van der Waals surface area (Å²) in [5, 5.41) is -0.00310. The van der Waals surface area contributed by atoms with E-state index in [1.165, 1.54) is 0 Å². The van der Waals surface area contributed by atoms with Crippen molar-refractivity contribution in [1.82, 2.24) is 9.80 Å². The maximum Gasteiger partial charge on any atom is 0.256 e. The highest BCUT2D eigenvalue weighted by molar-refractivity contribution is 6.76. The van der Waals surface area contributed by atoms with Gasteiger partial charge in [-0.05, 0) is 86.4 Å². The first-order chi connectivity index (χ1) is 31.3. The molecule has 0 aromatic heterocycles. The Balaban J connectivity index is 1.11. The minimum atomic E-state index is -2.15. The lowest BCUT2D eigenvalue weighted by atomic mass is 10.1. The van der Waals surface area contributed by atoms with Crippen molar-refractivity contribution >= 4 is 59.5 Å². The predicted molar refractivity (Wildman–Crippen MR) is 272 cm³/mol. The minimum Gasteiger partial charge on any atom is -0.493 e. The van der Waals surface area contributed by atoms with Gasteiger partial charge in [-0.2, -0.15) is 0 Å². The van der Waals surface area contributed by atoms with Crippen LogP contribution in [0.15, 0.2) is 24.3 Å². The number of hydrogen-bond donors (Lipinski definition) is 0. The number of hydrogen-bond acceptors (Lipinski definition) is 10. The zero-order chi connectivity index (χ0) is 49.2. The van der Waals surface area contributed by atoms with Crippen molar-refractivity contribution in [2.45, 2.75) is 154 Å². The molecule has 0 bridgehead atoms. The van der Waals surface area contributed by atoms with Crippen molar-refractivity contribution in [3.63, 3.8) is 0 Å². The van der Waals surface area contributed by atoms with Gasteiger partial charge in [-0.15, -0.1) is 0 Å². The van der Waals surface area contributed by atoms with Crippen molar-refractivity contribution in [2.24, 2.45) is 5.92 Å². The summed E-state index contributed by atoms with van der Waals surface area (Å²) in [6.45, 7) is 31.7. The lowest BCUT2D eigenvalue weighted by molar-refractivity contribution is -0.124. The van der Waals surface area contributed by atoms with Crippen LogP contribution in [0.4, 0.5) is 11.4 Å². The van der Waals surface area contributed by atoms with Gasteiger partial charge in [0.2, 0.25) is 0 Å². The van der Waals surface area contributed by atoms with E-state index in [0.29, 0.717) is 98.5 Å². The molecule has 2 aromatic rings. The van der Waals surface area contributed by atoms with Gasteiger partial charge in [-0.25, -0.2) is 0 Å². The lowest BCUT2D eigenvalue weighted by Gasteiger charge is -2.38. The van der Waals surface area contributed by atoms with Gasteiger partial charge in [-0.1, -0.05) is 67.0 Å². The standard InChI is InChI=1S/C50H80N4O10Si3/c1-34-24-41-48(57)54(33-61-21-23-66(10,11)12)40-29-45(44(59-6)27-38(40)47(56)51(41)30-34)63-19-17-15-16-18-62-43-28-39-37(25-35(43)2)46(55)52-31-36(64-67(13,14)50(3,4)5)26-42(52)49(58)53(39)32-60-20-22-65(7,8)9/h25,27-29,34,36,41-42H,15-24,26,30-33H2,1-14H3/t34-,36-,41+,42+/m1/s1. The van der Waals surface area contributed by atoms with E-state index in [9.17, 15) is 19.2 Å². The molecule has 0 saturated carbocycles. The Hall–Kier alpha value is -3.75. The molecule has 4 amide bonds. The molecule has 14 nitrogen and oxygen atoms in total. The molecule has 17 heteroatoms. The molecular weight excluding hydrogens is 901 g/mol. The zero-order valence-corrected chi connectivity index (χ0v) is 46.1. The van der Waals surface area contributed by atoms with Crippen LogP contribution in [0.5, 0.6) is 17.2 Å². The second-order valence-corrected chi connectivity index (χ2v) is 39.2. The molecule has 372 valence electrons. The third-order valence-electron chi connectivity index (χ3n) is 14.0. The van der Waals surface area contributed by atoms with Crippen LogP contribution in [-0.2, 0) is 23.5 Å². The summed E-state index contributed by atoms with van der Waals surface area (Å²) in [5.41, 5.74) is 2.67. The summed E-state index contributed by atoms with van der Waals surface area (Å²) in [4.78, 5) is 63.6.